The standard InChI is InChI=1S/C49H87NO8/c1-3-5-7-9-11-13-15-17-19-20-21-22-23-24-25-27-29-31-33-35-37-39-45(53)50-42(41-57-49-48(56)47(55)46(54)44(40-51)58-49)43(52)38-36-34-32-30-28-26-18-16-14-12-10-8-6-4-2/h15,17,20-21,23-24,28,30,36,38,42-44,46-49,51-52,54-56H,3-14,16,18-19,22,25-27,29,31-35,37,39-41H2,1-2H3,(H,50,53)/b17-15-,21-20-,24-23-,30-28+,38-36+. The summed E-state index contributed by atoms with van der Waals surface area (Å²) in [4.78, 5) is 13.0. The number of hydrogen-bond acceptors (Lipinski definition) is 8. The molecule has 0 aliphatic carbocycles. The molecular weight excluding hydrogens is 731 g/mol. The van der Waals surface area contributed by atoms with Gasteiger partial charge in [-0.1, -0.05) is 171 Å². The van der Waals surface area contributed by atoms with Crippen molar-refractivity contribution in [2.45, 2.75) is 230 Å². The first-order valence-electron chi connectivity index (χ1n) is 23.5. The van der Waals surface area contributed by atoms with Gasteiger partial charge in [0.25, 0.3) is 0 Å². The average Bonchev–Trinajstić information content (AvgIpc) is 3.22. The van der Waals surface area contributed by atoms with Gasteiger partial charge in [0.2, 0.25) is 5.91 Å². The molecule has 7 atom stereocenters. The Bertz CT molecular complexity index is 1090. The third kappa shape index (κ3) is 29.2. The summed E-state index contributed by atoms with van der Waals surface area (Å²) < 4.78 is 11.2. The quantitative estimate of drug-likeness (QED) is 0.0267. The summed E-state index contributed by atoms with van der Waals surface area (Å²) in [6, 6.07) is -0.830. The lowest BCUT2D eigenvalue weighted by molar-refractivity contribution is -0.302. The molecule has 1 rings (SSSR count). The number of aliphatic hydroxyl groups excluding tert-OH is 5. The molecule has 0 spiro atoms. The van der Waals surface area contributed by atoms with E-state index in [-0.39, 0.29) is 12.5 Å². The summed E-state index contributed by atoms with van der Waals surface area (Å²) >= 11 is 0. The number of carbonyl (C=O) groups excluding carboxylic acids is 1. The number of carbonyl (C=O) groups is 1. The van der Waals surface area contributed by atoms with E-state index in [2.05, 4.69) is 67.8 Å². The van der Waals surface area contributed by atoms with Crippen LogP contribution in [-0.2, 0) is 14.3 Å². The van der Waals surface area contributed by atoms with Gasteiger partial charge in [-0.15, -0.1) is 0 Å². The minimum Gasteiger partial charge on any atom is -0.394 e. The first-order valence-corrected chi connectivity index (χ1v) is 23.5. The van der Waals surface area contributed by atoms with Gasteiger partial charge in [0.15, 0.2) is 6.29 Å². The molecule has 1 amide bonds. The van der Waals surface area contributed by atoms with E-state index in [1.54, 1.807) is 6.08 Å². The molecule has 1 saturated heterocycles. The van der Waals surface area contributed by atoms with Crippen molar-refractivity contribution in [2.24, 2.45) is 0 Å². The van der Waals surface area contributed by atoms with Gasteiger partial charge in [0.05, 0.1) is 25.4 Å². The first-order chi connectivity index (χ1) is 28.3. The fourth-order valence-corrected chi connectivity index (χ4v) is 7.00. The molecule has 0 aromatic rings. The second-order valence-electron chi connectivity index (χ2n) is 16.2. The Balaban J connectivity index is 2.37. The summed E-state index contributed by atoms with van der Waals surface area (Å²) in [5.41, 5.74) is 0. The van der Waals surface area contributed by atoms with Crippen molar-refractivity contribution in [1.29, 1.82) is 0 Å². The van der Waals surface area contributed by atoms with E-state index in [9.17, 15) is 30.3 Å². The SMILES string of the molecule is CCCCCCC/C=C\C/C=C\C/C=C\CCCCCCCCC(=O)NC(COC1OC(CO)C(O)C(O)C1O)C(O)/C=C/CC/C=C/CCCCCCCCCC. The molecule has 0 aromatic carbocycles. The molecular formula is C49H87NO8. The van der Waals surface area contributed by atoms with Crippen molar-refractivity contribution < 1.29 is 39.8 Å². The first kappa shape index (κ1) is 53.9. The largest absolute Gasteiger partial charge is 0.394 e. The Hall–Kier alpha value is -2.11. The Labute approximate surface area is 354 Å². The van der Waals surface area contributed by atoms with Gasteiger partial charge in [-0.2, -0.15) is 0 Å². The van der Waals surface area contributed by atoms with Crippen molar-refractivity contribution in [3.05, 3.63) is 60.8 Å². The predicted molar refractivity (Wildman–Crippen MR) is 239 cm³/mol. The molecule has 1 fully saturated rings. The van der Waals surface area contributed by atoms with Crippen molar-refractivity contribution in [3.8, 4) is 0 Å². The lowest BCUT2D eigenvalue weighted by Crippen LogP contribution is -2.60. The molecule has 0 radical (unpaired) electrons. The second-order valence-corrected chi connectivity index (χ2v) is 16.2. The third-order valence-electron chi connectivity index (χ3n) is 10.8. The van der Waals surface area contributed by atoms with Gasteiger partial charge < -0.3 is 40.3 Å². The highest BCUT2D eigenvalue weighted by Gasteiger charge is 2.44. The van der Waals surface area contributed by atoms with E-state index in [0.717, 1.165) is 64.2 Å². The number of rotatable bonds is 38. The van der Waals surface area contributed by atoms with Crippen LogP contribution in [0.4, 0.5) is 0 Å². The molecule has 6 N–H and O–H groups in total. The lowest BCUT2D eigenvalue weighted by atomic mass is 9.99. The van der Waals surface area contributed by atoms with Crippen LogP contribution in [0.3, 0.4) is 0 Å². The monoisotopic (exact) mass is 818 g/mol. The van der Waals surface area contributed by atoms with Crippen LogP contribution in [0.25, 0.3) is 0 Å². The zero-order valence-corrected chi connectivity index (χ0v) is 36.8. The zero-order chi connectivity index (χ0) is 42.3. The number of nitrogens with one attached hydrogen (secondary N) is 1. The van der Waals surface area contributed by atoms with Gasteiger partial charge in [-0.3, -0.25) is 4.79 Å². The summed E-state index contributed by atoms with van der Waals surface area (Å²) in [7, 11) is 0. The van der Waals surface area contributed by atoms with Crippen molar-refractivity contribution in [2.75, 3.05) is 13.2 Å². The number of amides is 1. The van der Waals surface area contributed by atoms with E-state index in [0.29, 0.717) is 6.42 Å². The second kappa shape index (κ2) is 39.1. The number of hydrogen-bond donors (Lipinski definition) is 6. The number of ether oxygens (including phenoxy) is 2. The van der Waals surface area contributed by atoms with Crippen LogP contribution in [-0.4, -0.2) is 87.5 Å². The van der Waals surface area contributed by atoms with Crippen LogP contribution in [0, 0.1) is 0 Å². The van der Waals surface area contributed by atoms with Crippen LogP contribution in [0.2, 0.25) is 0 Å². The minimum absolute atomic E-state index is 0.202. The smallest absolute Gasteiger partial charge is 0.220 e. The summed E-state index contributed by atoms with van der Waals surface area (Å²) in [6.07, 6.45) is 44.0. The number of unbranched alkanes of at least 4 members (excludes halogenated alkanes) is 20. The molecule has 7 unspecified atom stereocenters. The fourth-order valence-electron chi connectivity index (χ4n) is 7.00. The summed E-state index contributed by atoms with van der Waals surface area (Å²) in [5, 5.41) is 54.1. The normalized spacial score (nSPS) is 21.4. The van der Waals surface area contributed by atoms with Crippen molar-refractivity contribution in [3.63, 3.8) is 0 Å². The van der Waals surface area contributed by atoms with E-state index in [4.69, 9.17) is 9.47 Å². The van der Waals surface area contributed by atoms with E-state index in [1.807, 2.05) is 6.08 Å². The molecule has 1 heterocycles. The molecule has 0 aromatic heterocycles. The summed E-state index contributed by atoms with van der Waals surface area (Å²) in [6.45, 7) is 3.72. The maximum Gasteiger partial charge on any atom is 0.220 e. The number of aliphatic hydroxyl groups is 5. The Morgan fingerprint density at radius 3 is 1.57 bits per heavy atom. The molecule has 0 saturated carbocycles. The minimum atomic E-state index is -1.58. The van der Waals surface area contributed by atoms with E-state index >= 15 is 0 Å². The van der Waals surface area contributed by atoms with E-state index in [1.165, 1.54) is 103 Å². The van der Waals surface area contributed by atoms with Crippen LogP contribution in [0.15, 0.2) is 60.8 Å². The fraction of sp³-hybridized carbons (Fsp3) is 0.776. The van der Waals surface area contributed by atoms with Crippen molar-refractivity contribution >= 4 is 5.91 Å². The summed E-state index contributed by atoms with van der Waals surface area (Å²) in [5.74, 6) is -0.202. The number of allylic oxidation sites excluding steroid dienone is 9. The predicted octanol–water partition coefficient (Wildman–Crippen LogP) is 10.0. The van der Waals surface area contributed by atoms with Crippen LogP contribution in [0.5, 0.6) is 0 Å². The maximum atomic E-state index is 13.0. The van der Waals surface area contributed by atoms with E-state index < -0.39 is 49.5 Å². The molecule has 1 aliphatic heterocycles. The van der Waals surface area contributed by atoms with Gasteiger partial charge in [0.1, 0.15) is 24.4 Å². The molecule has 336 valence electrons. The average molecular weight is 818 g/mol. The maximum absolute atomic E-state index is 13.0. The van der Waals surface area contributed by atoms with Crippen LogP contribution < -0.4 is 5.32 Å². The lowest BCUT2D eigenvalue weighted by Gasteiger charge is -2.40. The Morgan fingerprint density at radius 2 is 1.03 bits per heavy atom. The highest BCUT2D eigenvalue weighted by molar-refractivity contribution is 5.76. The highest BCUT2D eigenvalue weighted by atomic mass is 16.7. The van der Waals surface area contributed by atoms with Crippen molar-refractivity contribution in [1.82, 2.24) is 5.32 Å². The Morgan fingerprint density at radius 1 is 0.586 bits per heavy atom. The molecule has 0 bridgehead atoms. The van der Waals surface area contributed by atoms with Crippen LogP contribution in [0.1, 0.15) is 187 Å². The third-order valence-corrected chi connectivity index (χ3v) is 10.8. The van der Waals surface area contributed by atoms with Crippen LogP contribution >= 0.6 is 0 Å². The van der Waals surface area contributed by atoms with Gasteiger partial charge >= 0.3 is 0 Å². The topological polar surface area (TPSA) is 149 Å². The molecule has 9 heteroatoms. The van der Waals surface area contributed by atoms with Gasteiger partial charge in [-0.25, -0.2) is 0 Å². The molecule has 9 nitrogen and oxygen atoms in total. The molecule has 1 aliphatic rings. The molecule has 58 heavy (non-hydrogen) atoms. The van der Waals surface area contributed by atoms with Gasteiger partial charge in [0, 0.05) is 6.42 Å². The Kier molecular flexibility index (Phi) is 36.3. The van der Waals surface area contributed by atoms with Gasteiger partial charge in [-0.05, 0) is 70.6 Å². The highest BCUT2D eigenvalue weighted by Crippen LogP contribution is 2.22. The zero-order valence-electron chi connectivity index (χ0n) is 36.8.